The van der Waals surface area contributed by atoms with Gasteiger partial charge in [0.05, 0.1) is 13.2 Å². The van der Waals surface area contributed by atoms with Gasteiger partial charge in [-0.2, -0.15) is 0 Å². The lowest BCUT2D eigenvalue weighted by atomic mass is 10.0. The van der Waals surface area contributed by atoms with Gasteiger partial charge in [0.1, 0.15) is 36.0 Å². The summed E-state index contributed by atoms with van der Waals surface area (Å²) in [6, 6.07) is -0.930. The Kier molecular flexibility index (Phi) is 9.24. The number of nitrogens with one attached hydrogen (secondary N) is 1. The molecule has 4 heterocycles. The maximum Gasteiger partial charge on any atom is 0.374 e. The monoisotopic (exact) mass is 579 g/mol. The molecule has 0 saturated carbocycles. The van der Waals surface area contributed by atoms with Gasteiger partial charge in [-0.3, -0.25) is 14.5 Å². The molecule has 13 nitrogen and oxygen atoms in total. The minimum absolute atomic E-state index is 0.0353. The molecule has 2 atom stereocenters. The Morgan fingerprint density at radius 1 is 1.33 bits per heavy atom. The molecule has 1 aromatic rings. The fraction of sp³-hybridized carbons (Fsp3) is 0.500. The predicted molar refractivity (Wildman–Crippen MR) is 142 cm³/mol. The van der Waals surface area contributed by atoms with Gasteiger partial charge >= 0.3 is 11.9 Å². The second-order valence-electron chi connectivity index (χ2n) is 8.77. The van der Waals surface area contributed by atoms with Gasteiger partial charge < -0.3 is 30.1 Å². The third-order valence-electron chi connectivity index (χ3n) is 6.04. The Labute approximate surface area is 232 Å². The number of thioether (sulfide) groups is 1. The van der Waals surface area contributed by atoms with Crippen LogP contribution in [0, 0.1) is 0 Å². The van der Waals surface area contributed by atoms with Gasteiger partial charge in [-0.05, 0) is 25.0 Å². The molecule has 3 aliphatic rings. The summed E-state index contributed by atoms with van der Waals surface area (Å²) < 4.78 is 16.2. The summed E-state index contributed by atoms with van der Waals surface area (Å²) in [5.41, 5.74) is 6.37. The predicted octanol–water partition coefficient (Wildman–Crippen LogP) is 1.31. The van der Waals surface area contributed by atoms with E-state index in [-0.39, 0.29) is 34.1 Å². The molecule has 0 aliphatic carbocycles. The molecule has 0 unspecified atom stereocenters. The number of anilines is 1. The van der Waals surface area contributed by atoms with Crippen LogP contribution in [0.3, 0.4) is 0 Å². The number of aromatic nitrogens is 1. The summed E-state index contributed by atoms with van der Waals surface area (Å²) in [5, 5.41) is 7.61. The molecule has 4 rings (SSSR count). The van der Waals surface area contributed by atoms with Gasteiger partial charge in [0, 0.05) is 24.0 Å². The zero-order chi connectivity index (χ0) is 28.1. The number of thiazole rings is 1. The topological polar surface area (TPSA) is 172 Å². The van der Waals surface area contributed by atoms with Gasteiger partial charge in [0.15, 0.2) is 10.8 Å². The van der Waals surface area contributed by atoms with Crippen molar-refractivity contribution in [2.24, 2.45) is 5.16 Å². The van der Waals surface area contributed by atoms with Crippen molar-refractivity contribution in [3.63, 3.8) is 0 Å². The SMILES string of the molecule is CC/C=C(\OC(=O)C1=C(C)CS[C@@H]2[C@H](NC(=O)/C(=N\OC)c3csc(N)n3)C(=O)N12)C(=O)OC1CCOCC1. The first-order chi connectivity index (χ1) is 18.7. The van der Waals surface area contributed by atoms with Crippen molar-refractivity contribution in [3.8, 4) is 0 Å². The van der Waals surface area contributed by atoms with Crippen molar-refractivity contribution in [2.75, 3.05) is 31.8 Å². The normalized spacial score (nSPS) is 22.1. The number of ether oxygens (including phenoxy) is 3. The number of nitrogens with zero attached hydrogens (tertiary/aromatic N) is 3. The zero-order valence-electron chi connectivity index (χ0n) is 21.6. The van der Waals surface area contributed by atoms with Crippen LogP contribution in [0.2, 0.25) is 0 Å². The van der Waals surface area contributed by atoms with Crippen LogP contribution in [0.25, 0.3) is 0 Å². The number of hydrogen-bond donors (Lipinski definition) is 2. The van der Waals surface area contributed by atoms with Gasteiger partial charge in [-0.15, -0.1) is 23.1 Å². The summed E-state index contributed by atoms with van der Waals surface area (Å²) in [7, 11) is 1.28. The summed E-state index contributed by atoms with van der Waals surface area (Å²) in [6.07, 6.45) is 2.69. The van der Waals surface area contributed by atoms with Crippen molar-refractivity contribution < 1.29 is 38.2 Å². The molecule has 3 N–H and O–H groups in total. The third-order valence-corrected chi connectivity index (χ3v) is 8.13. The van der Waals surface area contributed by atoms with E-state index in [1.807, 2.05) is 0 Å². The molecular weight excluding hydrogens is 550 g/mol. The maximum absolute atomic E-state index is 13.2. The van der Waals surface area contributed by atoms with Crippen molar-refractivity contribution in [2.45, 2.75) is 50.6 Å². The first-order valence-corrected chi connectivity index (χ1v) is 14.2. The highest BCUT2D eigenvalue weighted by atomic mass is 32.2. The largest absolute Gasteiger partial charge is 0.456 e. The Morgan fingerprint density at radius 2 is 2.08 bits per heavy atom. The van der Waals surface area contributed by atoms with E-state index < -0.39 is 35.2 Å². The number of hydrogen-bond acceptors (Lipinski definition) is 13. The molecule has 0 aromatic carbocycles. The van der Waals surface area contributed by atoms with Crippen molar-refractivity contribution in [1.82, 2.24) is 15.2 Å². The minimum Gasteiger partial charge on any atom is -0.456 e. The van der Waals surface area contributed by atoms with E-state index in [0.717, 1.165) is 11.3 Å². The molecule has 15 heteroatoms. The summed E-state index contributed by atoms with van der Waals surface area (Å²) in [6.45, 7) is 4.47. The van der Waals surface area contributed by atoms with Gasteiger partial charge in [-0.1, -0.05) is 12.1 Å². The summed E-state index contributed by atoms with van der Waals surface area (Å²) in [4.78, 5) is 62.2. The number of carbonyl (C=O) groups excluding carboxylic acids is 4. The molecule has 2 fully saturated rings. The number of amides is 2. The Bertz CT molecular complexity index is 1240. The molecule has 3 aliphatic heterocycles. The Hall–Kier alpha value is -3.43. The zero-order valence-corrected chi connectivity index (χ0v) is 23.3. The van der Waals surface area contributed by atoms with Crippen molar-refractivity contribution >= 4 is 57.7 Å². The first kappa shape index (κ1) is 28.6. The van der Waals surface area contributed by atoms with Crippen LogP contribution in [-0.2, 0) is 38.2 Å². The second-order valence-corrected chi connectivity index (χ2v) is 10.8. The molecule has 210 valence electrons. The quantitative estimate of drug-likeness (QED) is 0.108. The number of esters is 2. The highest BCUT2D eigenvalue weighted by Crippen LogP contribution is 2.40. The smallest absolute Gasteiger partial charge is 0.374 e. The maximum atomic E-state index is 13.2. The lowest BCUT2D eigenvalue weighted by Gasteiger charge is -2.49. The average molecular weight is 580 g/mol. The number of fused-ring (bicyclic) bond motifs is 1. The van der Waals surface area contributed by atoms with E-state index in [2.05, 4.69) is 15.5 Å². The van der Waals surface area contributed by atoms with Crippen LogP contribution in [0.4, 0.5) is 5.13 Å². The molecule has 0 radical (unpaired) electrons. The fourth-order valence-corrected chi connectivity index (χ4v) is 6.01. The Morgan fingerprint density at radius 3 is 2.72 bits per heavy atom. The van der Waals surface area contributed by atoms with E-state index in [0.29, 0.717) is 43.8 Å². The molecule has 2 saturated heterocycles. The number of carbonyl (C=O) groups is 4. The van der Waals surface area contributed by atoms with Crippen LogP contribution in [0.1, 0.15) is 38.8 Å². The number of rotatable bonds is 9. The van der Waals surface area contributed by atoms with E-state index >= 15 is 0 Å². The van der Waals surface area contributed by atoms with Crippen LogP contribution in [-0.4, -0.2) is 82.9 Å². The molecule has 1 aromatic heterocycles. The highest BCUT2D eigenvalue weighted by molar-refractivity contribution is 8.00. The number of nitrogens with two attached hydrogens (primary N) is 1. The lowest BCUT2D eigenvalue weighted by molar-refractivity contribution is -0.158. The van der Waals surface area contributed by atoms with Crippen LogP contribution < -0.4 is 11.1 Å². The number of allylic oxidation sites excluding steroid dienone is 1. The fourth-order valence-electron chi connectivity index (χ4n) is 4.17. The number of nitrogen functional groups attached to an aromatic ring is 1. The molecule has 2 amide bonds. The van der Waals surface area contributed by atoms with Gasteiger partial charge in [0.2, 0.25) is 5.76 Å². The van der Waals surface area contributed by atoms with Crippen molar-refractivity contribution in [1.29, 1.82) is 0 Å². The molecule has 0 bridgehead atoms. The minimum atomic E-state index is -0.930. The van der Waals surface area contributed by atoms with Crippen molar-refractivity contribution in [3.05, 3.63) is 34.2 Å². The van der Waals surface area contributed by atoms with Gasteiger partial charge in [-0.25, -0.2) is 14.6 Å². The number of oxime groups is 1. The standard InChI is InChI=1S/C24H29N5O8S2/c1-4-5-15(22(32)36-13-6-8-35-9-7-13)37-23(33)18-12(2)10-38-21-17(20(31)29(18)21)27-19(30)16(28-34-3)14-11-39-24(25)26-14/h5,11,13,17,21H,4,6-10H2,1-3H3,(H2,25,26)(H,27,30)/b15-5-,28-16-/t17-,21-/m1/s1. The molecule has 0 spiro atoms. The van der Waals surface area contributed by atoms with E-state index in [1.54, 1.807) is 19.2 Å². The number of β-lactam (4-membered cyclic amide) rings is 1. The van der Waals surface area contributed by atoms with Crippen LogP contribution in [0.5, 0.6) is 0 Å². The molecular formula is C24H29N5O8S2. The van der Waals surface area contributed by atoms with Crippen LogP contribution in [0.15, 0.2) is 33.6 Å². The molecule has 39 heavy (non-hydrogen) atoms. The summed E-state index contributed by atoms with van der Waals surface area (Å²) in [5.74, 6) is -2.60. The average Bonchev–Trinajstić information content (AvgIpc) is 3.35. The second kappa shape index (κ2) is 12.6. The van der Waals surface area contributed by atoms with E-state index in [4.69, 9.17) is 24.8 Å². The lowest BCUT2D eigenvalue weighted by Crippen LogP contribution is -2.71. The van der Waals surface area contributed by atoms with E-state index in [9.17, 15) is 19.2 Å². The Balaban J connectivity index is 1.44. The summed E-state index contributed by atoms with van der Waals surface area (Å²) >= 11 is 2.51. The van der Waals surface area contributed by atoms with E-state index in [1.165, 1.54) is 29.8 Å². The van der Waals surface area contributed by atoms with Crippen LogP contribution >= 0.6 is 23.1 Å². The highest BCUT2D eigenvalue weighted by Gasteiger charge is 2.54. The first-order valence-electron chi connectivity index (χ1n) is 12.2. The third kappa shape index (κ3) is 6.25. The van der Waals surface area contributed by atoms with Gasteiger partial charge in [0.25, 0.3) is 11.8 Å².